The zero-order valence-corrected chi connectivity index (χ0v) is 18.1. The molecule has 0 saturated carbocycles. The molecule has 2 fully saturated rings. The van der Waals surface area contributed by atoms with Crippen LogP contribution in [0.25, 0.3) is 0 Å². The van der Waals surface area contributed by atoms with Gasteiger partial charge in [-0.3, -0.25) is 0 Å². The van der Waals surface area contributed by atoms with Gasteiger partial charge in [0.15, 0.2) is 5.82 Å². The Hall–Kier alpha value is -1.48. The second kappa shape index (κ2) is 8.34. The van der Waals surface area contributed by atoms with E-state index >= 15 is 0 Å². The van der Waals surface area contributed by atoms with Crippen LogP contribution in [0.1, 0.15) is 43.0 Å². The van der Waals surface area contributed by atoms with Crippen LogP contribution >= 0.6 is 11.6 Å². The molecule has 2 aliphatic heterocycles. The van der Waals surface area contributed by atoms with Gasteiger partial charge in [0.05, 0.1) is 11.4 Å². The fraction of sp³-hybridized carbons (Fsp3) is 0.600. The summed E-state index contributed by atoms with van der Waals surface area (Å²) in [4.78, 5) is 4.31. The minimum atomic E-state index is -3.41. The second-order valence-electron chi connectivity index (χ2n) is 8.07. The number of piperidine rings is 1. The van der Waals surface area contributed by atoms with Crippen molar-refractivity contribution in [1.82, 2.24) is 14.4 Å². The smallest absolute Gasteiger partial charge is 0.223 e. The first-order valence-corrected chi connectivity index (χ1v) is 12.0. The van der Waals surface area contributed by atoms with Crippen molar-refractivity contribution in [3.05, 3.63) is 46.6 Å². The van der Waals surface area contributed by atoms with Crippen LogP contribution < -0.4 is 0 Å². The Morgan fingerprint density at radius 1 is 1.28 bits per heavy atom. The van der Waals surface area contributed by atoms with Gasteiger partial charge in [-0.15, -0.1) is 0 Å². The summed E-state index contributed by atoms with van der Waals surface area (Å²) in [6, 6.07) is 7.09. The van der Waals surface area contributed by atoms with Crippen LogP contribution in [0.2, 0.25) is 5.02 Å². The molecule has 1 atom stereocenters. The van der Waals surface area contributed by atoms with Crippen molar-refractivity contribution in [2.24, 2.45) is 5.92 Å². The highest BCUT2D eigenvalue weighted by Crippen LogP contribution is 2.39. The first-order valence-electron chi connectivity index (χ1n) is 10.00. The number of nitrogens with zero attached hydrogens (tertiary/aromatic N) is 3. The summed E-state index contributed by atoms with van der Waals surface area (Å²) >= 11 is 6.15. The molecule has 1 spiro atoms. The van der Waals surface area contributed by atoms with Gasteiger partial charge in [0.25, 0.3) is 0 Å². The molecule has 4 rings (SSSR count). The SMILES string of the molecule is Cc1nc(CC2CCOC3(CCN(S(=O)(=O)Cc4ccccc4Cl)CC3)C2)no1. The van der Waals surface area contributed by atoms with E-state index in [0.29, 0.717) is 54.9 Å². The van der Waals surface area contributed by atoms with Crippen LogP contribution in [0.4, 0.5) is 0 Å². The van der Waals surface area contributed by atoms with Crippen molar-refractivity contribution in [2.75, 3.05) is 19.7 Å². The van der Waals surface area contributed by atoms with E-state index in [4.69, 9.17) is 20.9 Å². The average molecular weight is 440 g/mol. The highest BCUT2D eigenvalue weighted by atomic mass is 35.5. The van der Waals surface area contributed by atoms with Gasteiger partial charge in [0.1, 0.15) is 0 Å². The van der Waals surface area contributed by atoms with E-state index in [9.17, 15) is 8.42 Å². The van der Waals surface area contributed by atoms with Gasteiger partial charge in [-0.1, -0.05) is 35.0 Å². The van der Waals surface area contributed by atoms with E-state index in [1.807, 2.05) is 6.07 Å². The maximum atomic E-state index is 12.9. The highest BCUT2D eigenvalue weighted by molar-refractivity contribution is 7.88. The first kappa shape index (κ1) is 20.8. The standard InChI is InChI=1S/C20H26ClN3O4S/c1-15-22-19(23-28-15)12-16-6-11-27-20(13-16)7-9-24(10-8-20)29(25,26)14-17-4-2-3-5-18(17)21/h2-5,16H,6-14H2,1H3. The van der Waals surface area contributed by atoms with Crippen molar-refractivity contribution < 1.29 is 17.7 Å². The monoisotopic (exact) mass is 439 g/mol. The largest absolute Gasteiger partial charge is 0.375 e. The fourth-order valence-electron chi connectivity index (χ4n) is 4.41. The molecule has 3 heterocycles. The van der Waals surface area contributed by atoms with Crippen LogP contribution in [0.15, 0.2) is 28.8 Å². The molecule has 2 aromatic rings. The van der Waals surface area contributed by atoms with E-state index in [-0.39, 0.29) is 11.4 Å². The van der Waals surface area contributed by atoms with Crippen molar-refractivity contribution in [3.8, 4) is 0 Å². The molecule has 7 nitrogen and oxygen atoms in total. The molecule has 0 aliphatic carbocycles. The lowest BCUT2D eigenvalue weighted by Gasteiger charge is -2.45. The van der Waals surface area contributed by atoms with Gasteiger partial charge in [0.2, 0.25) is 15.9 Å². The van der Waals surface area contributed by atoms with Gasteiger partial charge < -0.3 is 9.26 Å². The van der Waals surface area contributed by atoms with E-state index in [0.717, 1.165) is 25.1 Å². The molecule has 9 heteroatoms. The summed E-state index contributed by atoms with van der Waals surface area (Å²) in [6.45, 7) is 3.43. The topological polar surface area (TPSA) is 85.5 Å². The number of hydrogen-bond donors (Lipinski definition) is 0. The summed E-state index contributed by atoms with van der Waals surface area (Å²) < 4.78 is 38.6. The molecule has 29 heavy (non-hydrogen) atoms. The third-order valence-electron chi connectivity index (χ3n) is 5.96. The molecule has 0 amide bonds. The minimum absolute atomic E-state index is 0.0691. The van der Waals surface area contributed by atoms with Crippen molar-refractivity contribution in [2.45, 2.75) is 50.4 Å². The number of ether oxygens (including phenoxy) is 1. The summed E-state index contributed by atoms with van der Waals surface area (Å²) in [5.74, 6) is 1.68. The fourth-order valence-corrected chi connectivity index (χ4v) is 6.26. The summed E-state index contributed by atoms with van der Waals surface area (Å²) in [6.07, 6.45) is 4.05. The zero-order valence-electron chi connectivity index (χ0n) is 16.5. The first-order chi connectivity index (χ1) is 13.9. The lowest BCUT2D eigenvalue weighted by Crippen LogP contribution is -2.51. The minimum Gasteiger partial charge on any atom is -0.375 e. The number of halogens is 1. The summed E-state index contributed by atoms with van der Waals surface area (Å²) in [7, 11) is -3.41. The number of aromatic nitrogens is 2. The Morgan fingerprint density at radius 2 is 2.03 bits per heavy atom. The Bertz CT molecular complexity index is 954. The average Bonchev–Trinajstić information content (AvgIpc) is 3.09. The molecule has 0 N–H and O–H groups in total. The quantitative estimate of drug-likeness (QED) is 0.710. The molecule has 1 unspecified atom stereocenters. The molecular weight excluding hydrogens is 414 g/mol. The predicted octanol–water partition coefficient (Wildman–Crippen LogP) is 3.37. The molecule has 1 aromatic carbocycles. The highest BCUT2D eigenvalue weighted by Gasteiger charge is 2.42. The maximum absolute atomic E-state index is 12.9. The lowest BCUT2D eigenvalue weighted by molar-refractivity contribution is -0.120. The Labute approximate surface area is 176 Å². The van der Waals surface area contributed by atoms with Crippen LogP contribution in [0, 0.1) is 12.8 Å². The van der Waals surface area contributed by atoms with Gasteiger partial charge in [0, 0.05) is 38.1 Å². The van der Waals surface area contributed by atoms with Gasteiger partial charge >= 0.3 is 0 Å². The van der Waals surface area contributed by atoms with Crippen molar-refractivity contribution >= 4 is 21.6 Å². The van der Waals surface area contributed by atoms with Crippen LogP contribution in [0.3, 0.4) is 0 Å². The molecule has 2 saturated heterocycles. The summed E-state index contributed by atoms with van der Waals surface area (Å²) in [5.41, 5.74) is 0.386. The number of benzene rings is 1. The van der Waals surface area contributed by atoms with Gasteiger partial charge in [-0.2, -0.15) is 4.98 Å². The number of aryl methyl sites for hydroxylation is 1. The number of sulfonamides is 1. The normalized spacial score (nSPS) is 22.8. The van der Waals surface area contributed by atoms with E-state index < -0.39 is 10.0 Å². The number of rotatable bonds is 5. The number of hydrogen-bond acceptors (Lipinski definition) is 6. The second-order valence-corrected chi connectivity index (χ2v) is 10.4. The lowest BCUT2D eigenvalue weighted by atomic mass is 9.78. The summed E-state index contributed by atoms with van der Waals surface area (Å²) in [5, 5.41) is 4.50. The molecule has 1 aromatic heterocycles. The molecular formula is C20H26ClN3O4S. The zero-order chi connectivity index (χ0) is 20.5. The molecule has 0 bridgehead atoms. The van der Waals surface area contributed by atoms with Crippen LogP contribution in [-0.2, 0) is 26.9 Å². The van der Waals surface area contributed by atoms with E-state index in [1.54, 1.807) is 29.4 Å². The molecule has 0 radical (unpaired) electrons. The third kappa shape index (κ3) is 4.82. The third-order valence-corrected chi connectivity index (χ3v) is 8.16. The van der Waals surface area contributed by atoms with E-state index in [2.05, 4.69) is 10.1 Å². The van der Waals surface area contributed by atoms with Crippen molar-refractivity contribution in [1.29, 1.82) is 0 Å². The maximum Gasteiger partial charge on any atom is 0.223 e. The molecule has 2 aliphatic rings. The Kier molecular flexibility index (Phi) is 5.97. The van der Waals surface area contributed by atoms with Gasteiger partial charge in [-0.25, -0.2) is 12.7 Å². The molecule has 158 valence electrons. The van der Waals surface area contributed by atoms with Crippen LogP contribution in [0.5, 0.6) is 0 Å². The predicted molar refractivity (Wildman–Crippen MR) is 109 cm³/mol. The Morgan fingerprint density at radius 3 is 2.72 bits per heavy atom. The Balaban J connectivity index is 1.37. The van der Waals surface area contributed by atoms with E-state index in [1.165, 1.54) is 0 Å². The van der Waals surface area contributed by atoms with Crippen LogP contribution in [-0.4, -0.2) is 48.2 Å². The van der Waals surface area contributed by atoms with Crippen molar-refractivity contribution in [3.63, 3.8) is 0 Å². The van der Waals surface area contributed by atoms with Gasteiger partial charge in [-0.05, 0) is 43.2 Å².